The fraction of sp³-hybridized carbons (Fsp3) is 0.200. The Kier molecular flexibility index (Phi) is 4.96. The van der Waals surface area contributed by atoms with Crippen LogP contribution in [0.5, 0.6) is 0 Å². The second-order valence-corrected chi connectivity index (χ2v) is 4.62. The molecule has 0 saturated carbocycles. The summed E-state index contributed by atoms with van der Waals surface area (Å²) >= 11 is 5.54. The molecule has 0 radical (unpaired) electrons. The average molecular weight is 291 g/mol. The summed E-state index contributed by atoms with van der Waals surface area (Å²) in [4.78, 5) is 23.3. The predicted octanol–water partition coefficient (Wildman–Crippen LogP) is 1.94. The quantitative estimate of drug-likeness (QED) is 0.856. The molecule has 0 fully saturated rings. The first-order chi connectivity index (χ1) is 9.70. The van der Waals surface area contributed by atoms with Crippen LogP contribution in [0.2, 0.25) is 0 Å². The Hall–Kier alpha value is -2.07. The molecule has 0 spiro atoms. The molecule has 2 aromatic rings. The van der Waals surface area contributed by atoms with E-state index in [-0.39, 0.29) is 23.4 Å². The summed E-state index contributed by atoms with van der Waals surface area (Å²) in [5, 5.41) is 2.83. The van der Waals surface area contributed by atoms with Gasteiger partial charge in [0.05, 0.1) is 12.6 Å². The van der Waals surface area contributed by atoms with E-state index in [4.69, 9.17) is 11.6 Å². The lowest BCUT2D eigenvalue weighted by atomic mass is 10.1. The molecule has 1 unspecified atom stereocenters. The number of aromatic nitrogens is 1. The number of halogens is 1. The standard InChI is InChI=1S/C15H15ClN2O2/c16-10-14(19)17-13(12-6-2-1-3-7-12)11-18-9-5-4-8-15(18)20/h1-9,13H,10-11H2,(H,17,19). The van der Waals surface area contributed by atoms with E-state index < -0.39 is 0 Å². The smallest absolute Gasteiger partial charge is 0.250 e. The van der Waals surface area contributed by atoms with Crippen LogP contribution in [0.3, 0.4) is 0 Å². The van der Waals surface area contributed by atoms with Gasteiger partial charge in [-0.3, -0.25) is 9.59 Å². The fourth-order valence-electron chi connectivity index (χ4n) is 1.96. The first-order valence-electron chi connectivity index (χ1n) is 6.26. The van der Waals surface area contributed by atoms with Gasteiger partial charge in [0.25, 0.3) is 5.56 Å². The molecule has 1 atom stereocenters. The second kappa shape index (κ2) is 6.91. The first kappa shape index (κ1) is 14.3. The van der Waals surface area contributed by atoms with Gasteiger partial charge in [-0.05, 0) is 11.6 Å². The number of carbonyl (C=O) groups is 1. The number of benzene rings is 1. The molecular weight excluding hydrogens is 276 g/mol. The minimum atomic E-state index is -0.289. The maximum Gasteiger partial charge on any atom is 0.250 e. The Morgan fingerprint density at radius 3 is 2.50 bits per heavy atom. The van der Waals surface area contributed by atoms with Gasteiger partial charge in [0, 0.05) is 12.3 Å². The molecule has 5 heteroatoms. The van der Waals surface area contributed by atoms with Gasteiger partial charge in [-0.2, -0.15) is 0 Å². The largest absolute Gasteiger partial charge is 0.346 e. The van der Waals surface area contributed by atoms with Crippen molar-refractivity contribution in [2.45, 2.75) is 12.6 Å². The van der Waals surface area contributed by atoms with Crippen LogP contribution in [-0.2, 0) is 11.3 Å². The zero-order valence-corrected chi connectivity index (χ0v) is 11.6. The molecule has 1 N–H and O–H groups in total. The summed E-state index contributed by atoms with van der Waals surface area (Å²) < 4.78 is 1.56. The lowest BCUT2D eigenvalue weighted by molar-refractivity contribution is -0.119. The zero-order chi connectivity index (χ0) is 14.4. The maximum atomic E-state index is 11.8. The van der Waals surface area contributed by atoms with Crippen LogP contribution in [0.15, 0.2) is 59.5 Å². The van der Waals surface area contributed by atoms with E-state index in [0.29, 0.717) is 6.54 Å². The van der Waals surface area contributed by atoms with Crippen molar-refractivity contribution >= 4 is 17.5 Å². The van der Waals surface area contributed by atoms with Crippen LogP contribution in [-0.4, -0.2) is 16.4 Å². The van der Waals surface area contributed by atoms with Crippen molar-refractivity contribution in [1.82, 2.24) is 9.88 Å². The van der Waals surface area contributed by atoms with Gasteiger partial charge in [-0.1, -0.05) is 36.4 Å². The normalized spacial score (nSPS) is 11.8. The molecular formula is C15H15ClN2O2. The van der Waals surface area contributed by atoms with Crippen molar-refractivity contribution in [2.24, 2.45) is 0 Å². The molecule has 2 rings (SSSR count). The number of hydrogen-bond acceptors (Lipinski definition) is 2. The zero-order valence-electron chi connectivity index (χ0n) is 10.8. The molecule has 0 aliphatic rings. The van der Waals surface area contributed by atoms with Crippen LogP contribution in [0.4, 0.5) is 0 Å². The molecule has 1 amide bonds. The lowest BCUT2D eigenvalue weighted by Gasteiger charge is -2.19. The van der Waals surface area contributed by atoms with Crippen molar-refractivity contribution in [3.63, 3.8) is 0 Å². The molecule has 0 saturated heterocycles. The van der Waals surface area contributed by atoms with Crippen molar-refractivity contribution < 1.29 is 4.79 Å². The first-order valence-corrected chi connectivity index (χ1v) is 6.80. The highest BCUT2D eigenvalue weighted by molar-refractivity contribution is 6.27. The predicted molar refractivity (Wildman–Crippen MR) is 78.7 cm³/mol. The highest BCUT2D eigenvalue weighted by Gasteiger charge is 2.14. The summed E-state index contributed by atoms with van der Waals surface area (Å²) in [6.07, 6.45) is 1.70. The Labute approximate surface area is 122 Å². The van der Waals surface area contributed by atoms with Crippen molar-refractivity contribution in [2.75, 3.05) is 5.88 Å². The summed E-state index contributed by atoms with van der Waals surface area (Å²) in [5.41, 5.74) is 0.829. The van der Waals surface area contributed by atoms with E-state index in [1.54, 1.807) is 22.9 Å². The number of rotatable bonds is 5. The number of pyridine rings is 1. The Balaban J connectivity index is 2.25. The third-order valence-electron chi connectivity index (χ3n) is 2.94. The van der Waals surface area contributed by atoms with Crippen molar-refractivity contribution in [1.29, 1.82) is 0 Å². The monoisotopic (exact) mass is 290 g/mol. The molecule has 20 heavy (non-hydrogen) atoms. The number of hydrogen-bond donors (Lipinski definition) is 1. The van der Waals surface area contributed by atoms with Gasteiger partial charge in [-0.25, -0.2) is 0 Å². The van der Waals surface area contributed by atoms with Crippen LogP contribution in [0.1, 0.15) is 11.6 Å². The SMILES string of the molecule is O=C(CCl)NC(Cn1ccccc1=O)c1ccccc1. The number of carbonyl (C=O) groups excluding carboxylic acids is 1. The molecule has 1 heterocycles. The minimum Gasteiger partial charge on any atom is -0.346 e. The molecule has 0 bridgehead atoms. The Bertz CT molecular complexity index is 625. The van der Waals surface area contributed by atoms with Gasteiger partial charge in [-0.15, -0.1) is 11.6 Å². The van der Waals surface area contributed by atoms with E-state index in [2.05, 4.69) is 5.32 Å². The van der Waals surface area contributed by atoms with E-state index >= 15 is 0 Å². The lowest BCUT2D eigenvalue weighted by Crippen LogP contribution is -2.34. The fourth-order valence-corrected chi connectivity index (χ4v) is 2.04. The van der Waals surface area contributed by atoms with E-state index in [9.17, 15) is 9.59 Å². The van der Waals surface area contributed by atoms with Gasteiger partial charge in [0.1, 0.15) is 5.88 Å². The third-order valence-corrected chi connectivity index (χ3v) is 3.18. The van der Waals surface area contributed by atoms with Gasteiger partial charge in [0.15, 0.2) is 0 Å². The minimum absolute atomic E-state index is 0.103. The maximum absolute atomic E-state index is 11.8. The number of amides is 1. The van der Waals surface area contributed by atoms with E-state index in [1.165, 1.54) is 6.07 Å². The summed E-state index contributed by atoms with van der Waals surface area (Å²) in [6.45, 7) is 0.367. The number of nitrogens with zero attached hydrogens (tertiary/aromatic N) is 1. The summed E-state index contributed by atoms with van der Waals surface area (Å²) in [5.74, 6) is -0.364. The Morgan fingerprint density at radius 2 is 1.85 bits per heavy atom. The second-order valence-electron chi connectivity index (χ2n) is 4.36. The molecule has 1 aromatic carbocycles. The van der Waals surface area contributed by atoms with Crippen molar-refractivity contribution in [3.8, 4) is 0 Å². The number of nitrogens with one attached hydrogen (secondary N) is 1. The van der Waals surface area contributed by atoms with Crippen LogP contribution < -0.4 is 10.9 Å². The topological polar surface area (TPSA) is 51.1 Å². The molecule has 1 aromatic heterocycles. The van der Waals surface area contributed by atoms with Crippen molar-refractivity contribution in [3.05, 3.63) is 70.6 Å². The van der Waals surface area contributed by atoms with Crippen LogP contribution in [0, 0.1) is 0 Å². The average Bonchev–Trinajstić information content (AvgIpc) is 2.49. The summed E-state index contributed by atoms with van der Waals surface area (Å²) in [6, 6.07) is 14.2. The van der Waals surface area contributed by atoms with E-state index in [1.807, 2.05) is 30.3 Å². The third kappa shape index (κ3) is 3.71. The molecule has 0 aliphatic carbocycles. The van der Waals surface area contributed by atoms with Gasteiger partial charge < -0.3 is 9.88 Å². The molecule has 4 nitrogen and oxygen atoms in total. The molecule has 0 aliphatic heterocycles. The molecule has 104 valence electrons. The highest BCUT2D eigenvalue weighted by atomic mass is 35.5. The van der Waals surface area contributed by atoms with Crippen LogP contribution in [0.25, 0.3) is 0 Å². The van der Waals surface area contributed by atoms with E-state index in [0.717, 1.165) is 5.56 Å². The summed E-state index contributed by atoms with van der Waals surface area (Å²) in [7, 11) is 0. The van der Waals surface area contributed by atoms with Crippen LogP contribution >= 0.6 is 11.6 Å². The number of alkyl halides is 1. The Morgan fingerprint density at radius 1 is 1.15 bits per heavy atom. The van der Waals surface area contributed by atoms with Gasteiger partial charge >= 0.3 is 0 Å². The van der Waals surface area contributed by atoms with Gasteiger partial charge in [0.2, 0.25) is 5.91 Å². The highest BCUT2D eigenvalue weighted by Crippen LogP contribution is 2.14.